The molecule has 0 aliphatic carbocycles. The summed E-state index contributed by atoms with van der Waals surface area (Å²) in [5.74, 6) is -1.66. The van der Waals surface area contributed by atoms with Crippen molar-refractivity contribution < 1.29 is 32.9 Å². The second kappa shape index (κ2) is 13.6. The van der Waals surface area contributed by atoms with Gasteiger partial charge in [-0.15, -0.1) is 0 Å². The van der Waals surface area contributed by atoms with Gasteiger partial charge in [0, 0.05) is 27.1 Å². The van der Waals surface area contributed by atoms with Crippen molar-refractivity contribution in [3.05, 3.63) is 212 Å². The van der Waals surface area contributed by atoms with Crippen molar-refractivity contribution in [2.24, 2.45) is 0 Å². The zero-order valence-corrected chi connectivity index (χ0v) is 31.6. The van der Waals surface area contributed by atoms with Gasteiger partial charge in [-0.05, 0) is 84.8 Å². The maximum atomic E-state index is 10.1. The third-order valence-corrected chi connectivity index (χ3v) is 10.8. The first-order valence-electron chi connectivity index (χ1n) is 31.1. The van der Waals surface area contributed by atoms with Crippen LogP contribution in [0.15, 0.2) is 212 Å². The van der Waals surface area contributed by atoms with Gasteiger partial charge in [0.25, 0.3) is 0 Å². The highest BCUT2D eigenvalue weighted by Crippen LogP contribution is 2.40. The van der Waals surface area contributed by atoms with Crippen LogP contribution in [0.25, 0.3) is 121 Å². The SMILES string of the molecule is [2H]c1c([2H])c([2H])c(-c2c([2H])c([2H])c3c4c([2H])c([2H])c(-c5c([2H])c([2H])c([2H])c([2H])c5[2H])c([2H])c4n(-c4nc(-c5ccc6c7ccccc7c7ccccc7c6c5)nc(-n5c6c([2H])c([2H])c([2H])c([2H])c6c6c([2H])c([2H])c([2H])c([2H])c65)n4)c3c2[2H])c([2H])c1[2H]. The molecule has 0 aliphatic rings. The van der Waals surface area contributed by atoms with E-state index in [9.17, 15) is 13.7 Å². The number of hydrogen-bond acceptors (Lipinski definition) is 3. The van der Waals surface area contributed by atoms with Crippen molar-refractivity contribution in [3.8, 4) is 45.5 Å². The van der Waals surface area contributed by atoms with Crippen molar-refractivity contribution in [1.29, 1.82) is 0 Å². The Hall–Kier alpha value is -8.41. The van der Waals surface area contributed by atoms with E-state index in [1.165, 1.54) is 0 Å². The zero-order chi connectivity index (χ0) is 61.6. The van der Waals surface area contributed by atoms with E-state index in [-0.39, 0.29) is 22.2 Å². The molecule has 3 heterocycles. The molecule has 0 radical (unpaired) electrons. The lowest BCUT2D eigenvalue weighted by Gasteiger charge is -2.14. The maximum absolute atomic E-state index is 10.1. The molecule has 62 heavy (non-hydrogen) atoms. The van der Waals surface area contributed by atoms with Crippen LogP contribution in [0.3, 0.4) is 0 Å². The second-order valence-corrected chi connectivity index (χ2v) is 14.2. The topological polar surface area (TPSA) is 48.5 Å². The minimum atomic E-state index is -0.909. The maximum Gasteiger partial charge on any atom is 0.240 e. The van der Waals surface area contributed by atoms with Crippen molar-refractivity contribution in [2.45, 2.75) is 0 Å². The number of aromatic nitrogens is 5. The van der Waals surface area contributed by atoms with Gasteiger partial charge < -0.3 is 0 Å². The molecule has 13 rings (SSSR count). The lowest BCUT2D eigenvalue weighted by atomic mass is 9.93. The zero-order valence-electron chi connectivity index (χ0n) is 55.6. The summed E-state index contributed by atoms with van der Waals surface area (Å²) in [5, 5.41) is 3.05. The fourth-order valence-electron chi connectivity index (χ4n) is 8.15. The van der Waals surface area contributed by atoms with Crippen molar-refractivity contribution in [3.63, 3.8) is 0 Å². The predicted molar refractivity (Wildman–Crippen MR) is 257 cm³/mol. The van der Waals surface area contributed by atoms with Crippen LogP contribution in [0, 0.1) is 0 Å². The summed E-state index contributed by atoms with van der Waals surface area (Å²) in [4.78, 5) is 14.8. The fourth-order valence-corrected chi connectivity index (χ4v) is 8.15. The van der Waals surface area contributed by atoms with Crippen LogP contribution >= 0.6 is 0 Å². The number of para-hydroxylation sites is 2. The molecular formula is C57H35N5. The Morgan fingerprint density at radius 1 is 0.306 bits per heavy atom. The lowest BCUT2D eigenvalue weighted by molar-refractivity contribution is 0.893. The highest BCUT2D eigenvalue weighted by atomic mass is 15.3. The number of fused-ring (bicyclic) bond motifs is 12. The lowest BCUT2D eigenvalue weighted by Crippen LogP contribution is -2.10. The molecule has 0 aliphatic heterocycles. The first-order chi connectivity index (χ1) is 40.7. The summed E-state index contributed by atoms with van der Waals surface area (Å²) in [7, 11) is 0. The summed E-state index contributed by atoms with van der Waals surface area (Å²) in [6.07, 6.45) is 0. The van der Waals surface area contributed by atoms with Crippen molar-refractivity contribution in [2.75, 3.05) is 0 Å². The number of rotatable bonds is 5. The van der Waals surface area contributed by atoms with Gasteiger partial charge in [-0.25, -0.2) is 0 Å². The molecular weight excluding hydrogens is 755 g/mol. The van der Waals surface area contributed by atoms with Crippen molar-refractivity contribution in [1.82, 2.24) is 24.1 Å². The molecule has 0 amide bonds. The molecule has 5 nitrogen and oxygen atoms in total. The van der Waals surface area contributed by atoms with E-state index in [1.54, 1.807) is 18.2 Å². The third-order valence-electron chi connectivity index (χ3n) is 10.8. The van der Waals surface area contributed by atoms with E-state index >= 15 is 0 Å². The molecule has 5 heteroatoms. The van der Waals surface area contributed by atoms with Crippen LogP contribution in [-0.2, 0) is 0 Å². The van der Waals surface area contributed by atoms with E-state index in [2.05, 4.69) is 0 Å². The molecule has 0 saturated carbocycles. The first kappa shape index (κ1) is 18.5. The molecule has 0 saturated heterocycles. The average molecular weight is 814 g/mol. The van der Waals surface area contributed by atoms with E-state index in [4.69, 9.17) is 34.1 Å². The molecule has 0 spiro atoms. The minimum absolute atomic E-state index is 0.189. The molecule has 10 aromatic carbocycles. The number of hydrogen-bond donors (Lipinski definition) is 0. The van der Waals surface area contributed by atoms with E-state index in [0.717, 1.165) is 36.1 Å². The smallest absolute Gasteiger partial charge is 0.240 e. The Kier molecular flexibility index (Phi) is 4.04. The van der Waals surface area contributed by atoms with Gasteiger partial charge in [0.1, 0.15) is 0 Å². The van der Waals surface area contributed by atoms with Gasteiger partial charge in [0.2, 0.25) is 11.9 Å². The number of benzene rings is 10. The van der Waals surface area contributed by atoms with E-state index < -0.39 is 212 Å². The van der Waals surface area contributed by atoms with Crippen LogP contribution in [0.2, 0.25) is 0 Å². The standard InChI is InChI=1S/C57H35N5/c1-3-15-36(16-4-1)38-27-31-48-49-32-28-39(37-17-5-2-6-18-37)35-54(49)62(53(48)34-38)57-59-55(58-56(60-57)61-51-25-13-11-23-46(51)47-24-12-14-26-52(47)61)40-29-30-45-43-21-8-7-19-41(43)42-20-9-10-22-44(42)50(45)33-40/h1-35H/i1D,2D,3D,4D,5D,6D,11D,12D,13D,14D,15D,16D,17D,18D,23D,24D,25D,26D,27D,28D,31D,32D,34D,35D. The van der Waals surface area contributed by atoms with Crippen LogP contribution in [0.1, 0.15) is 32.9 Å². The third kappa shape index (κ3) is 5.25. The van der Waals surface area contributed by atoms with E-state index in [0.29, 0.717) is 5.39 Å². The summed E-state index contributed by atoms with van der Waals surface area (Å²) in [6.45, 7) is 0. The van der Waals surface area contributed by atoms with Crippen LogP contribution in [0.4, 0.5) is 0 Å². The Bertz CT molecular complexity index is 5050. The Morgan fingerprint density at radius 3 is 1.24 bits per heavy atom. The van der Waals surface area contributed by atoms with Crippen LogP contribution in [0.5, 0.6) is 0 Å². The van der Waals surface area contributed by atoms with E-state index in [1.807, 2.05) is 48.5 Å². The summed E-state index contributed by atoms with van der Waals surface area (Å²) >= 11 is 0. The highest BCUT2D eigenvalue weighted by molar-refractivity contribution is 6.25. The molecule has 0 N–H and O–H groups in total. The van der Waals surface area contributed by atoms with Gasteiger partial charge in [0.05, 0.1) is 55.0 Å². The molecule has 13 aromatic rings. The predicted octanol–water partition coefficient (Wildman–Crippen LogP) is 14.5. The molecule has 0 atom stereocenters. The quantitative estimate of drug-likeness (QED) is 0.163. The molecule has 0 unspecified atom stereocenters. The first-order valence-corrected chi connectivity index (χ1v) is 19.1. The number of nitrogens with zero attached hydrogens (tertiary/aromatic N) is 5. The summed E-state index contributed by atoms with van der Waals surface area (Å²) in [5.41, 5.74) is -4.79. The molecule has 288 valence electrons. The Morgan fingerprint density at radius 2 is 0.726 bits per heavy atom. The summed E-state index contributed by atoms with van der Waals surface area (Å²) < 4.78 is 220. The second-order valence-electron chi connectivity index (χ2n) is 14.2. The summed E-state index contributed by atoms with van der Waals surface area (Å²) in [6, 6.07) is 0.343. The Balaban J connectivity index is 1.29. The van der Waals surface area contributed by atoms with Crippen molar-refractivity contribution >= 4 is 75.9 Å². The molecule has 0 bridgehead atoms. The normalized spacial score (nSPS) is 17.3. The van der Waals surface area contributed by atoms with Gasteiger partial charge in [0.15, 0.2) is 5.82 Å². The van der Waals surface area contributed by atoms with Gasteiger partial charge in [-0.3, -0.25) is 9.13 Å². The molecule has 0 fully saturated rings. The minimum Gasteiger partial charge on any atom is -0.278 e. The van der Waals surface area contributed by atoms with Gasteiger partial charge in [-0.2, -0.15) is 15.0 Å². The fraction of sp³-hybridized carbons (Fsp3) is 0. The van der Waals surface area contributed by atoms with Gasteiger partial charge >= 0.3 is 0 Å². The van der Waals surface area contributed by atoms with Crippen LogP contribution in [-0.4, -0.2) is 24.1 Å². The largest absolute Gasteiger partial charge is 0.278 e. The monoisotopic (exact) mass is 813 g/mol. The Labute approximate surface area is 390 Å². The molecule has 3 aromatic heterocycles. The highest BCUT2D eigenvalue weighted by Gasteiger charge is 2.22. The average Bonchev–Trinajstić information content (AvgIpc) is 1.55. The van der Waals surface area contributed by atoms with Gasteiger partial charge in [-0.1, -0.05) is 182 Å². The van der Waals surface area contributed by atoms with Crippen LogP contribution < -0.4 is 0 Å².